The van der Waals surface area contributed by atoms with Crippen LogP contribution in [0.5, 0.6) is 0 Å². The molecule has 0 aliphatic rings. The van der Waals surface area contributed by atoms with Gasteiger partial charge < -0.3 is 5.32 Å². The number of nitrogens with one attached hydrogen (secondary N) is 1. The molecule has 1 rings (SSSR count). The van der Waals surface area contributed by atoms with Gasteiger partial charge in [0.2, 0.25) is 5.78 Å². The lowest BCUT2D eigenvalue weighted by Crippen LogP contribution is -2.44. The Morgan fingerprint density at radius 2 is 1.62 bits per heavy atom. The van der Waals surface area contributed by atoms with Gasteiger partial charge in [-0.05, 0) is 45.0 Å². The normalized spacial score (nSPS) is 11.0. The first-order valence-electron chi connectivity index (χ1n) is 4.92. The second-order valence-electron chi connectivity index (χ2n) is 4.54. The van der Waals surface area contributed by atoms with Crippen molar-refractivity contribution in [1.82, 2.24) is 5.32 Å². The van der Waals surface area contributed by atoms with E-state index in [0.717, 1.165) is 12.1 Å². The second kappa shape index (κ2) is 4.43. The van der Waals surface area contributed by atoms with Crippen molar-refractivity contribution in [2.24, 2.45) is 0 Å². The van der Waals surface area contributed by atoms with Gasteiger partial charge >= 0.3 is 0 Å². The summed E-state index contributed by atoms with van der Waals surface area (Å²) in [5.74, 6) is -1.78. The molecule has 3 nitrogen and oxygen atoms in total. The average molecular weight is 223 g/mol. The number of carbonyl (C=O) groups is 2. The molecule has 1 N–H and O–H groups in total. The van der Waals surface area contributed by atoms with Crippen LogP contribution < -0.4 is 5.32 Å². The molecule has 0 heterocycles. The van der Waals surface area contributed by atoms with Crippen molar-refractivity contribution in [3.63, 3.8) is 0 Å². The number of hydrogen-bond acceptors (Lipinski definition) is 2. The van der Waals surface area contributed by atoms with Crippen LogP contribution in [0.4, 0.5) is 4.39 Å². The third kappa shape index (κ3) is 3.46. The summed E-state index contributed by atoms with van der Waals surface area (Å²) in [6.07, 6.45) is 0. The molecule has 0 spiro atoms. The number of carbonyl (C=O) groups excluding carboxylic acids is 2. The Morgan fingerprint density at radius 3 is 2.06 bits per heavy atom. The van der Waals surface area contributed by atoms with Crippen molar-refractivity contribution in [2.75, 3.05) is 0 Å². The molecule has 0 aliphatic heterocycles. The molecular weight excluding hydrogens is 209 g/mol. The summed E-state index contributed by atoms with van der Waals surface area (Å²) >= 11 is 0. The van der Waals surface area contributed by atoms with Crippen LogP contribution in [0.2, 0.25) is 0 Å². The third-order valence-electron chi connectivity index (χ3n) is 1.80. The van der Waals surface area contributed by atoms with Crippen LogP contribution in [0.15, 0.2) is 24.3 Å². The molecule has 1 aromatic rings. The minimum Gasteiger partial charge on any atom is -0.345 e. The zero-order valence-electron chi connectivity index (χ0n) is 9.50. The number of hydrogen-bond donors (Lipinski definition) is 1. The monoisotopic (exact) mass is 223 g/mol. The highest BCUT2D eigenvalue weighted by Gasteiger charge is 2.21. The van der Waals surface area contributed by atoms with E-state index in [2.05, 4.69) is 5.32 Å². The molecule has 0 bridgehead atoms. The molecule has 1 aromatic carbocycles. The summed E-state index contributed by atoms with van der Waals surface area (Å²) in [6.45, 7) is 5.34. The molecule has 0 radical (unpaired) electrons. The smallest absolute Gasteiger partial charge is 0.292 e. The summed E-state index contributed by atoms with van der Waals surface area (Å²) in [5, 5.41) is 2.55. The largest absolute Gasteiger partial charge is 0.345 e. The van der Waals surface area contributed by atoms with Crippen LogP contribution >= 0.6 is 0 Å². The molecule has 1 amide bonds. The van der Waals surface area contributed by atoms with Gasteiger partial charge in [0.05, 0.1) is 0 Å². The summed E-state index contributed by atoms with van der Waals surface area (Å²) in [7, 11) is 0. The fraction of sp³-hybridized carbons (Fsp3) is 0.333. The Morgan fingerprint density at radius 1 is 1.12 bits per heavy atom. The van der Waals surface area contributed by atoms with E-state index in [4.69, 9.17) is 0 Å². The van der Waals surface area contributed by atoms with E-state index in [1.54, 1.807) is 20.8 Å². The predicted molar refractivity (Wildman–Crippen MR) is 58.6 cm³/mol. The summed E-state index contributed by atoms with van der Waals surface area (Å²) in [4.78, 5) is 23.1. The van der Waals surface area contributed by atoms with Gasteiger partial charge in [-0.1, -0.05) is 0 Å². The van der Waals surface area contributed by atoms with E-state index in [1.165, 1.54) is 12.1 Å². The maximum atomic E-state index is 12.6. The number of halogens is 1. The molecule has 16 heavy (non-hydrogen) atoms. The molecular formula is C12H14FNO2. The maximum Gasteiger partial charge on any atom is 0.292 e. The zero-order chi connectivity index (χ0) is 12.3. The summed E-state index contributed by atoms with van der Waals surface area (Å²) in [5.41, 5.74) is -0.282. The first kappa shape index (κ1) is 12.4. The summed E-state index contributed by atoms with van der Waals surface area (Å²) < 4.78 is 12.6. The van der Waals surface area contributed by atoms with Gasteiger partial charge in [0.25, 0.3) is 5.91 Å². The molecule has 0 fully saturated rings. The third-order valence-corrected chi connectivity index (χ3v) is 1.80. The van der Waals surface area contributed by atoms with Gasteiger partial charge in [-0.25, -0.2) is 4.39 Å². The minimum atomic E-state index is -0.681. The van der Waals surface area contributed by atoms with Crippen LogP contribution in [0.3, 0.4) is 0 Å². The van der Waals surface area contributed by atoms with E-state index in [1.807, 2.05) is 0 Å². The first-order chi connectivity index (χ1) is 7.29. The lowest BCUT2D eigenvalue weighted by molar-refractivity contribution is -0.118. The number of rotatable bonds is 2. The lowest BCUT2D eigenvalue weighted by atomic mass is 10.1. The van der Waals surface area contributed by atoms with E-state index < -0.39 is 23.0 Å². The molecule has 4 heteroatoms. The SMILES string of the molecule is CC(C)(C)NC(=O)C(=O)c1ccc(F)cc1. The van der Waals surface area contributed by atoms with Gasteiger partial charge in [-0.15, -0.1) is 0 Å². The Bertz CT molecular complexity index is 404. The lowest BCUT2D eigenvalue weighted by Gasteiger charge is -2.19. The van der Waals surface area contributed by atoms with Crippen LogP contribution in [0, 0.1) is 5.82 Å². The molecule has 86 valence electrons. The van der Waals surface area contributed by atoms with E-state index in [-0.39, 0.29) is 5.56 Å². The number of amides is 1. The van der Waals surface area contributed by atoms with Crippen molar-refractivity contribution in [2.45, 2.75) is 26.3 Å². The van der Waals surface area contributed by atoms with Crippen LogP contribution in [0.1, 0.15) is 31.1 Å². The highest BCUT2D eigenvalue weighted by molar-refractivity contribution is 6.42. The van der Waals surface area contributed by atoms with Crippen molar-refractivity contribution in [1.29, 1.82) is 0 Å². The van der Waals surface area contributed by atoms with Gasteiger partial charge in [-0.3, -0.25) is 9.59 Å². The Hall–Kier alpha value is -1.71. The molecule has 0 aromatic heterocycles. The van der Waals surface area contributed by atoms with Gasteiger partial charge in [-0.2, -0.15) is 0 Å². The Balaban J connectivity index is 2.79. The Kier molecular flexibility index (Phi) is 3.42. The topological polar surface area (TPSA) is 46.2 Å². The summed E-state index contributed by atoms with van der Waals surface area (Å²) in [6, 6.07) is 4.88. The minimum absolute atomic E-state index is 0.183. The highest BCUT2D eigenvalue weighted by Crippen LogP contribution is 2.05. The second-order valence-corrected chi connectivity index (χ2v) is 4.54. The molecule has 0 atom stereocenters. The first-order valence-corrected chi connectivity index (χ1v) is 4.92. The van der Waals surface area contributed by atoms with Crippen molar-refractivity contribution in [3.8, 4) is 0 Å². The van der Waals surface area contributed by atoms with E-state index in [0.29, 0.717) is 0 Å². The predicted octanol–water partition coefficient (Wildman–Crippen LogP) is 1.92. The van der Waals surface area contributed by atoms with Gasteiger partial charge in [0.15, 0.2) is 0 Å². The Labute approximate surface area is 93.7 Å². The number of benzene rings is 1. The van der Waals surface area contributed by atoms with Crippen LogP contribution in [-0.2, 0) is 4.79 Å². The average Bonchev–Trinajstić information content (AvgIpc) is 2.15. The number of ketones is 1. The molecule has 0 aliphatic carbocycles. The quantitative estimate of drug-likeness (QED) is 0.615. The van der Waals surface area contributed by atoms with Crippen LogP contribution in [0.25, 0.3) is 0 Å². The molecule has 0 unspecified atom stereocenters. The molecule has 0 saturated heterocycles. The zero-order valence-corrected chi connectivity index (χ0v) is 9.50. The highest BCUT2D eigenvalue weighted by atomic mass is 19.1. The fourth-order valence-electron chi connectivity index (χ4n) is 1.13. The van der Waals surface area contributed by atoms with Crippen molar-refractivity contribution < 1.29 is 14.0 Å². The van der Waals surface area contributed by atoms with Crippen LogP contribution in [-0.4, -0.2) is 17.2 Å². The van der Waals surface area contributed by atoms with E-state index >= 15 is 0 Å². The van der Waals surface area contributed by atoms with E-state index in [9.17, 15) is 14.0 Å². The molecule has 0 saturated carbocycles. The van der Waals surface area contributed by atoms with Gasteiger partial charge in [0.1, 0.15) is 5.82 Å². The maximum absolute atomic E-state index is 12.6. The fourth-order valence-corrected chi connectivity index (χ4v) is 1.13. The number of Topliss-reactive ketones (excluding diaryl/α,β-unsaturated/α-hetero) is 1. The van der Waals surface area contributed by atoms with Crippen molar-refractivity contribution in [3.05, 3.63) is 35.6 Å². The standard InChI is InChI=1S/C12H14FNO2/c1-12(2,3)14-11(16)10(15)8-4-6-9(13)7-5-8/h4-7H,1-3H3,(H,14,16). The van der Waals surface area contributed by atoms with Crippen molar-refractivity contribution >= 4 is 11.7 Å². The van der Waals surface area contributed by atoms with Gasteiger partial charge in [0, 0.05) is 11.1 Å².